The van der Waals surface area contributed by atoms with Gasteiger partial charge in [-0.25, -0.2) is 0 Å². The van der Waals surface area contributed by atoms with Crippen LogP contribution in [-0.2, 0) is 0 Å². The van der Waals surface area contributed by atoms with Crippen LogP contribution in [0.2, 0.25) is 0 Å². The second-order valence-electron chi connectivity index (χ2n) is 3.73. The van der Waals surface area contributed by atoms with Crippen molar-refractivity contribution in [3.63, 3.8) is 0 Å². The predicted octanol–water partition coefficient (Wildman–Crippen LogP) is 2.45. The van der Waals surface area contributed by atoms with E-state index in [4.69, 9.17) is 0 Å². The quantitative estimate of drug-likeness (QED) is 0.675. The molecule has 1 aromatic heterocycles. The summed E-state index contributed by atoms with van der Waals surface area (Å²) in [6, 6.07) is 3.99. The molecular formula is C12H13NO. The Bertz CT molecular complexity index is 547. The fourth-order valence-electron chi connectivity index (χ4n) is 1.68. The van der Waals surface area contributed by atoms with Gasteiger partial charge in [-0.15, -0.1) is 0 Å². The van der Waals surface area contributed by atoms with Gasteiger partial charge in [-0.3, -0.25) is 4.79 Å². The summed E-state index contributed by atoms with van der Waals surface area (Å²) in [5.41, 5.74) is 4.07. The first-order valence-electron chi connectivity index (χ1n) is 4.69. The number of benzene rings is 1. The van der Waals surface area contributed by atoms with E-state index in [0.717, 1.165) is 27.6 Å². The van der Waals surface area contributed by atoms with E-state index in [-0.39, 0.29) is 5.43 Å². The Labute approximate surface area is 82.6 Å². The molecule has 0 aliphatic rings. The van der Waals surface area contributed by atoms with Gasteiger partial charge in [0.2, 0.25) is 0 Å². The number of aromatic nitrogens is 1. The van der Waals surface area contributed by atoms with Crippen molar-refractivity contribution in [2.24, 2.45) is 0 Å². The van der Waals surface area contributed by atoms with Crippen molar-refractivity contribution in [3.05, 3.63) is 45.2 Å². The Hall–Kier alpha value is -1.57. The summed E-state index contributed by atoms with van der Waals surface area (Å²) >= 11 is 0. The molecule has 0 spiro atoms. The molecule has 0 radical (unpaired) electrons. The first-order valence-corrected chi connectivity index (χ1v) is 4.69. The van der Waals surface area contributed by atoms with Crippen LogP contribution in [0.4, 0.5) is 0 Å². The number of rotatable bonds is 0. The minimum atomic E-state index is 0.139. The number of fused-ring (bicyclic) bond motifs is 1. The van der Waals surface area contributed by atoms with Gasteiger partial charge in [0.1, 0.15) is 0 Å². The summed E-state index contributed by atoms with van der Waals surface area (Å²) in [7, 11) is 0. The zero-order valence-electron chi connectivity index (χ0n) is 8.64. The lowest BCUT2D eigenvalue weighted by molar-refractivity contribution is 1.27. The summed E-state index contributed by atoms with van der Waals surface area (Å²) in [4.78, 5) is 15.0. The largest absolute Gasteiger partial charge is 0.361 e. The van der Waals surface area contributed by atoms with Crippen LogP contribution < -0.4 is 5.43 Å². The minimum absolute atomic E-state index is 0.139. The number of aryl methyl sites for hydroxylation is 3. The van der Waals surface area contributed by atoms with Crippen molar-refractivity contribution in [1.29, 1.82) is 0 Å². The lowest BCUT2D eigenvalue weighted by Gasteiger charge is -2.05. The van der Waals surface area contributed by atoms with Gasteiger partial charge in [0, 0.05) is 22.7 Å². The highest BCUT2D eigenvalue weighted by molar-refractivity contribution is 5.83. The highest BCUT2D eigenvalue weighted by atomic mass is 16.1. The topological polar surface area (TPSA) is 32.9 Å². The first kappa shape index (κ1) is 9.00. The van der Waals surface area contributed by atoms with Crippen LogP contribution in [0.3, 0.4) is 0 Å². The molecule has 14 heavy (non-hydrogen) atoms. The SMILES string of the molecule is Cc1ccc2[nH]cc(C)c(=O)c2c1C. The average Bonchev–Trinajstić information content (AvgIpc) is 2.17. The normalized spacial score (nSPS) is 10.8. The molecule has 0 atom stereocenters. The number of hydrogen-bond donors (Lipinski definition) is 1. The molecule has 0 aliphatic carbocycles. The second kappa shape index (κ2) is 2.98. The molecule has 1 aromatic carbocycles. The van der Waals surface area contributed by atoms with Crippen molar-refractivity contribution >= 4 is 10.9 Å². The van der Waals surface area contributed by atoms with E-state index in [0.29, 0.717) is 0 Å². The molecule has 2 aromatic rings. The number of pyridine rings is 1. The summed E-state index contributed by atoms with van der Waals surface area (Å²) in [6.45, 7) is 5.85. The van der Waals surface area contributed by atoms with E-state index in [1.54, 1.807) is 6.20 Å². The third kappa shape index (κ3) is 1.15. The minimum Gasteiger partial charge on any atom is -0.361 e. The van der Waals surface area contributed by atoms with Gasteiger partial charge < -0.3 is 4.98 Å². The van der Waals surface area contributed by atoms with Gasteiger partial charge in [0.25, 0.3) is 0 Å². The Balaban J connectivity index is 3.06. The van der Waals surface area contributed by atoms with Crippen LogP contribution >= 0.6 is 0 Å². The number of H-pyrrole nitrogens is 1. The smallest absolute Gasteiger partial charge is 0.192 e. The summed E-state index contributed by atoms with van der Waals surface area (Å²) in [5.74, 6) is 0. The fourth-order valence-corrected chi connectivity index (χ4v) is 1.68. The highest BCUT2D eigenvalue weighted by Crippen LogP contribution is 2.16. The lowest BCUT2D eigenvalue weighted by Crippen LogP contribution is -2.08. The van der Waals surface area contributed by atoms with Crippen molar-refractivity contribution < 1.29 is 0 Å². The van der Waals surface area contributed by atoms with Crippen molar-refractivity contribution in [3.8, 4) is 0 Å². The molecule has 0 unspecified atom stereocenters. The number of nitrogens with one attached hydrogen (secondary N) is 1. The molecule has 2 heteroatoms. The van der Waals surface area contributed by atoms with Gasteiger partial charge in [-0.2, -0.15) is 0 Å². The molecule has 1 N–H and O–H groups in total. The zero-order chi connectivity index (χ0) is 10.3. The second-order valence-corrected chi connectivity index (χ2v) is 3.73. The van der Waals surface area contributed by atoms with Gasteiger partial charge in [-0.05, 0) is 38.0 Å². The molecular weight excluding hydrogens is 174 g/mol. The maximum atomic E-state index is 11.9. The molecule has 1 heterocycles. The van der Waals surface area contributed by atoms with E-state index in [9.17, 15) is 4.79 Å². The van der Waals surface area contributed by atoms with E-state index in [1.807, 2.05) is 32.9 Å². The number of hydrogen-bond acceptors (Lipinski definition) is 1. The van der Waals surface area contributed by atoms with E-state index < -0.39 is 0 Å². The van der Waals surface area contributed by atoms with Crippen molar-refractivity contribution in [2.45, 2.75) is 20.8 Å². The van der Waals surface area contributed by atoms with Gasteiger partial charge >= 0.3 is 0 Å². The Morgan fingerprint density at radius 1 is 1.07 bits per heavy atom. The molecule has 2 rings (SSSR count). The Morgan fingerprint density at radius 3 is 2.50 bits per heavy atom. The number of aromatic amines is 1. The molecule has 0 fully saturated rings. The Morgan fingerprint density at radius 2 is 1.79 bits per heavy atom. The van der Waals surface area contributed by atoms with E-state index in [1.165, 1.54) is 0 Å². The summed E-state index contributed by atoms with van der Waals surface area (Å²) < 4.78 is 0. The monoisotopic (exact) mass is 187 g/mol. The standard InChI is InChI=1S/C12H13NO/c1-7-4-5-10-11(9(7)3)12(14)8(2)6-13-10/h4-6H,1-3H3,(H,13,14). The van der Waals surface area contributed by atoms with Gasteiger partial charge in [-0.1, -0.05) is 6.07 Å². The molecule has 0 aliphatic heterocycles. The molecule has 0 saturated heterocycles. The first-order chi connectivity index (χ1) is 6.61. The molecule has 2 nitrogen and oxygen atoms in total. The van der Waals surface area contributed by atoms with Crippen LogP contribution in [-0.4, -0.2) is 4.98 Å². The molecule has 0 saturated carbocycles. The van der Waals surface area contributed by atoms with Gasteiger partial charge in [0.05, 0.1) is 0 Å². The maximum absolute atomic E-state index is 11.9. The molecule has 0 amide bonds. The third-order valence-corrected chi connectivity index (χ3v) is 2.77. The van der Waals surface area contributed by atoms with Crippen LogP contribution in [0.25, 0.3) is 10.9 Å². The average molecular weight is 187 g/mol. The van der Waals surface area contributed by atoms with Crippen molar-refractivity contribution in [1.82, 2.24) is 4.98 Å². The third-order valence-electron chi connectivity index (χ3n) is 2.77. The maximum Gasteiger partial charge on any atom is 0.192 e. The van der Waals surface area contributed by atoms with Crippen LogP contribution in [0.1, 0.15) is 16.7 Å². The molecule has 72 valence electrons. The molecule has 0 bridgehead atoms. The highest BCUT2D eigenvalue weighted by Gasteiger charge is 2.05. The fraction of sp³-hybridized carbons (Fsp3) is 0.250. The van der Waals surface area contributed by atoms with E-state index >= 15 is 0 Å². The summed E-state index contributed by atoms with van der Waals surface area (Å²) in [6.07, 6.45) is 1.76. The van der Waals surface area contributed by atoms with Crippen LogP contribution in [0.15, 0.2) is 23.1 Å². The van der Waals surface area contributed by atoms with Crippen LogP contribution in [0.5, 0.6) is 0 Å². The van der Waals surface area contributed by atoms with Gasteiger partial charge in [0.15, 0.2) is 5.43 Å². The lowest BCUT2D eigenvalue weighted by atomic mass is 10.0. The van der Waals surface area contributed by atoms with Crippen molar-refractivity contribution in [2.75, 3.05) is 0 Å². The van der Waals surface area contributed by atoms with Crippen LogP contribution in [0, 0.1) is 20.8 Å². The zero-order valence-corrected chi connectivity index (χ0v) is 8.64. The summed E-state index contributed by atoms with van der Waals surface area (Å²) in [5, 5.41) is 0.824. The predicted molar refractivity (Wildman–Crippen MR) is 58.8 cm³/mol. The van der Waals surface area contributed by atoms with E-state index in [2.05, 4.69) is 4.98 Å². The Kier molecular flexibility index (Phi) is 1.92.